The van der Waals surface area contributed by atoms with Crippen molar-refractivity contribution in [1.82, 2.24) is 5.32 Å². The predicted octanol–water partition coefficient (Wildman–Crippen LogP) is 3.62. The van der Waals surface area contributed by atoms with Gasteiger partial charge in [0.05, 0.1) is 0 Å². The fraction of sp³-hybridized carbons (Fsp3) is 0.571. The summed E-state index contributed by atoms with van der Waals surface area (Å²) < 4.78 is 25.8. The fourth-order valence-electron chi connectivity index (χ4n) is 2.49. The third kappa shape index (κ3) is 3.25. The van der Waals surface area contributed by atoms with Gasteiger partial charge in [-0.25, -0.2) is 8.78 Å². The summed E-state index contributed by atoms with van der Waals surface area (Å²) in [7, 11) is 0. The SMILES string of the molecule is Cc1ccc(C(F)F)c(CC2CCCCN2)c1. The molecule has 1 saturated heterocycles. The van der Waals surface area contributed by atoms with Crippen molar-refractivity contribution in [2.45, 2.75) is 45.1 Å². The molecule has 1 unspecified atom stereocenters. The Morgan fingerprint density at radius 2 is 2.18 bits per heavy atom. The summed E-state index contributed by atoms with van der Waals surface area (Å²) in [5.41, 5.74) is 2.06. The van der Waals surface area contributed by atoms with E-state index in [9.17, 15) is 8.78 Å². The Labute approximate surface area is 101 Å². The topological polar surface area (TPSA) is 12.0 Å². The molecule has 3 heteroatoms. The Hall–Kier alpha value is -0.960. The van der Waals surface area contributed by atoms with Gasteiger partial charge in [-0.15, -0.1) is 0 Å². The van der Waals surface area contributed by atoms with Crippen molar-refractivity contribution >= 4 is 0 Å². The lowest BCUT2D eigenvalue weighted by Gasteiger charge is -2.24. The first kappa shape index (κ1) is 12.5. The molecule has 1 aliphatic rings. The highest BCUT2D eigenvalue weighted by Crippen LogP contribution is 2.26. The second-order valence-corrected chi connectivity index (χ2v) is 4.85. The van der Waals surface area contributed by atoms with Crippen LogP contribution < -0.4 is 5.32 Å². The second-order valence-electron chi connectivity index (χ2n) is 4.85. The smallest absolute Gasteiger partial charge is 0.264 e. The molecule has 1 aromatic rings. The van der Waals surface area contributed by atoms with E-state index in [1.54, 1.807) is 12.1 Å². The molecule has 1 nitrogen and oxygen atoms in total. The highest BCUT2D eigenvalue weighted by Gasteiger charge is 2.18. The number of aryl methyl sites for hydroxylation is 1. The average molecular weight is 239 g/mol. The van der Waals surface area contributed by atoms with Crippen LogP contribution in [-0.4, -0.2) is 12.6 Å². The van der Waals surface area contributed by atoms with E-state index in [4.69, 9.17) is 0 Å². The van der Waals surface area contributed by atoms with Crippen LogP contribution in [-0.2, 0) is 6.42 Å². The van der Waals surface area contributed by atoms with Gasteiger partial charge in [0.2, 0.25) is 0 Å². The van der Waals surface area contributed by atoms with Gasteiger partial charge in [-0.05, 0) is 38.3 Å². The molecule has 1 heterocycles. The molecular formula is C14H19F2N. The number of rotatable bonds is 3. The first-order chi connectivity index (χ1) is 8.16. The largest absolute Gasteiger partial charge is 0.314 e. The van der Waals surface area contributed by atoms with Crippen LogP contribution in [0.1, 0.15) is 42.4 Å². The number of piperidine rings is 1. The molecule has 0 spiro atoms. The van der Waals surface area contributed by atoms with Gasteiger partial charge in [0.15, 0.2) is 0 Å². The van der Waals surface area contributed by atoms with Crippen molar-refractivity contribution in [2.24, 2.45) is 0 Å². The van der Waals surface area contributed by atoms with E-state index in [2.05, 4.69) is 5.32 Å². The number of nitrogens with one attached hydrogen (secondary N) is 1. The predicted molar refractivity (Wildman–Crippen MR) is 65.5 cm³/mol. The Morgan fingerprint density at radius 1 is 1.35 bits per heavy atom. The Bertz CT molecular complexity index is 370. The molecule has 94 valence electrons. The molecule has 1 aliphatic heterocycles. The number of hydrogen-bond donors (Lipinski definition) is 1. The third-order valence-electron chi connectivity index (χ3n) is 3.41. The zero-order valence-corrected chi connectivity index (χ0v) is 10.2. The number of alkyl halides is 2. The van der Waals surface area contributed by atoms with Crippen LogP contribution in [0.4, 0.5) is 8.78 Å². The van der Waals surface area contributed by atoms with Crippen LogP contribution >= 0.6 is 0 Å². The number of halogens is 2. The molecule has 0 aromatic heterocycles. The summed E-state index contributed by atoms with van der Waals surface area (Å²) in [6, 6.07) is 5.60. The minimum absolute atomic E-state index is 0.197. The Balaban J connectivity index is 2.14. The summed E-state index contributed by atoms with van der Waals surface area (Å²) in [5.74, 6) is 0. The Morgan fingerprint density at radius 3 is 2.82 bits per heavy atom. The molecule has 1 N–H and O–H groups in total. The summed E-state index contributed by atoms with van der Waals surface area (Å²) in [6.07, 6.45) is 1.85. The quantitative estimate of drug-likeness (QED) is 0.849. The maximum absolute atomic E-state index is 12.9. The van der Waals surface area contributed by atoms with Gasteiger partial charge in [-0.2, -0.15) is 0 Å². The van der Waals surface area contributed by atoms with Crippen molar-refractivity contribution in [1.29, 1.82) is 0 Å². The minimum Gasteiger partial charge on any atom is -0.314 e. The zero-order chi connectivity index (χ0) is 12.3. The molecule has 0 saturated carbocycles. The van der Waals surface area contributed by atoms with Crippen molar-refractivity contribution in [2.75, 3.05) is 6.54 Å². The van der Waals surface area contributed by atoms with Crippen molar-refractivity contribution in [3.63, 3.8) is 0 Å². The monoisotopic (exact) mass is 239 g/mol. The van der Waals surface area contributed by atoms with E-state index in [-0.39, 0.29) is 5.56 Å². The zero-order valence-electron chi connectivity index (χ0n) is 10.2. The first-order valence-corrected chi connectivity index (χ1v) is 6.28. The van der Waals surface area contributed by atoms with E-state index in [0.717, 1.165) is 30.5 Å². The van der Waals surface area contributed by atoms with Crippen LogP contribution in [0.25, 0.3) is 0 Å². The molecule has 1 atom stereocenters. The van der Waals surface area contributed by atoms with Gasteiger partial charge < -0.3 is 5.32 Å². The van der Waals surface area contributed by atoms with Crippen LogP contribution in [0.3, 0.4) is 0 Å². The van der Waals surface area contributed by atoms with Gasteiger partial charge in [-0.3, -0.25) is 0 Å². The van der Waals surface area contributed by atoms with Gasteiger partial charge in [0.25, 0.3) is 6.43 Å². The second kappa shape index (κ2) is 5.58. The van der Waals surface area contributed by atoms with Crippen molar-refractivity contribution < 1.29 is 8.78 Å². The van der Waals surface area contributed by atoms with Crippen LogP contribution in [0, 0.1) is 6.92 Å². The Kier molecular flexibility index (Phi) is 4.11. The lowest BCUT2D eigenvalue weighted by Crippen LogP contribution is -2.35. The molecule has 0 bridgehead atoms. The summed E-state index contributed by atoms with van der Waals surface area (Å²) in [4.78, 5) is 0. The van der Waals surface area contributed by atoms with Crippen LogP contribution in [0.15, 0.2) is 18.2 Å². The van der Waals surface area contributed by atoms with E-state index in [1.165, 1.54) is 12.8 Å². The highest BCUT2D eigenvalue weighted by molar-refractivity contribution is 5.33. The van der Waals surface area contributed by atoms with E-state index in [0.29, 0.717) is 6.04 Å². The van der Waals surface area contributed by atoms with E-state index >= 15 is 0 Å². The molecule has 2 rings (SSSR count). The maximum Gasteiger partial charge on any atom is 0.264 e. The van der Waals surface area contributed by atoms with Gasteiger partial charge in [0.1, 0.15) is 0 Å². The highest BCUT2D eigenvalue weighted by atomic mass is 19.3. The molecule has 17 heavy (non-hydrogen) atoms. The normalized spacial score (nSPS) is 20.8. The molecule has 1 aromatic carbocycles. The standard InChI is InChI=1S/C14H19F2N/c1-10-5-6-13(14(15)16)11(8-10)9-12-4-2-3-7-17-12/h5-6,8,12,14,17H,2-4,7,9H2,1H3. The van der Waals surface area contributed by atoms with E-state index in [1.807, 2.05) is 13.0 Å². The van der Waals surface area contributed by atoms with Crippen molar-refractivity contribution in [3.05, 3.63) is 34.9 Å². The van der Waals surface area contributed by atoms with Crippen LogP contribution in [0.2, 0.25) is 0 Å². The fourth-order valence-corrected chi connectivity index (χ4v) is 2.49. The van der Waals surface area contributed by atoms with Gasteiger partial charge in [0, 0.05) is 11.6 Å². The molecule has 1 fully saturated rings. The summed E-state index contributed by atoms with van der Waals surface area (Å²) in [6.45, 7) is 2.97. The molecule has 0 aliphatic carbocycles. The summed E-state index contributed by atoms with van der Waals surface area (Å²) in [5, 5.41) is 3.41. The van der Waals surface area contributed by atoms with Crippen molar-refractivity contribution in [3.8, 4) is 0 Å². The molecule has 0 radical (unpaired) electrons. The minimum atomic E-state index is -2.37. The lowest BCUT2D eigenvalue weighted by molar-refractivity contribution is 0.150. The lowest BCUT2D eigenvalue weighted by atomic mass is 9.94. The number of hydrogen-bond acceptors (Lipinski definition) is 1. The average Bonchev–Trinajstić information content (AvgIpc) is 2.30. The summed E-state index contributed by atoms with van der Waals surface area (Å²) >= 11 is 0. The van der Waals surface area contributed by atoms with Gasteiger partial charge >= 0.3 is 0 Å². The van der Waals surface area contributed by atoms with Gasteiger partial charge in [-0.1, -0.05) is 30.2 Å². The third-order valence-corrected chi connectivity index (χ3v) is 3.41. The molecule has 0 amide bonds. The maximum atomic E-state index is 12.9. The number of benzene rings is 1. The van der Waals surface area contributed by atoms with Crippen LogP contribution in [0.5, 0.6) is 0 Å². The first-order valence-electron chi connectivity index (χ1n) is 6.28. The molecular weight excluding hydrogens is 220 g/mol. The van der Waals surface area contributed by atoms with E-state index < -0.39 is 6.43 Å².